The van der Waals surface area contributed by atoms with Gasteiger partial charge in [-0.2, -0.15) is 4.98 Å². The van der Waals surface area contributed by atoms with Gasteiger partial charge in [0.1, 0.15) is 5.82 Å². The third kappa shape index (κ3) is 2.43. The summed E-state index contributed by atoms with van der Waals surface area (Å²) in [5.41, 5.74) is 1.28. The molecule has 116 valence electrons. The van der Waals surface area contributed by atoms with Gasteiger partial charge in [-0.25, -0.2) is 4.39 Å². The van der Waals surface area contributed by atoms with Crippen LogP contribution in [0.5, 0.6) is 0 Å². The minimum Gasteiger partial charge on any atom is -0.337 e. The Kier molecular flexibility index (Phi) is 3.45. The molecule has 2 aliphatic rings. The third-order valence-electron chi connectivity index (χ3n) is 5.03. The molecule has 0 radical (unpaired) electrons. The van der Waals surface area contributed by atoms with Crippen molar-refractivity contribution in [2.24, 2.45) is 5.92 Å². The molecule has 3 atom stereocenters. The SMILES string of the molecule is Cc1ccc(-c2noc(C3CC4CCCCC4N3)n2)cc1F. The molecule has 5 heteroatoms. The summed E-state index contributed by atoms with van der Waals surface area (Å²) in [6, 6.07) is 5.76. The van der Waals surface area contributed by atoms with Gasteiger partial charge in [0.25, 0.3) is 0 Å². The second-order valence-electron chi connectivity index (χ2n) is 6.53. The summed E-state index contributed by atoms with van der Waals surface area (Å²) in [4.78, 5) is 4.48. The van der Waals surface area contributed by atoms with Gasteiger partial charge < -0.3 is 9.84 Å². The molecule has 1 saturated heterocycles. The zero-order valence-corrected chi connectivity index (χ0v) is 12.7. The topological polar surface area (TPSA) is 51.0 Å². The second-order valence-corrected chi connectivity index (χ2v) is 6.53. The van der Waals surface area contributed by atoms with Crippen molar-refractivity contribution in [2.45, 2.75) is 51.1 Å². The maximum atomic E-state index is 13.7. The number of hydrogen-bond donors (Lipinski definition) is 1. The average Bonchev–Trinajstić information content (AvgIpc) is 3.15. The number of halogens is 1. The van der Waals surface area contributed by atoms with E-state index in [1.54, 1.807) is 13.0 Å². The number of hydrogen-bond acceptors (Lipinski definition) is 4. The first-order valence-electron chi connectivity index (χ1n) is 8.07. The van der Waals surface area contributed by atoms with Crippen molar-refractivity contribution < 1.29 is 8.91 Å². The number of aryl methyl sites for hydroxylation is 1. The Labute approximate surface area is 129 Å². The summed E-state index contributed by atoms with van der Waals surface area (Å²) in [6.07, 6.45) is 6.23. The lowest BCUT2D eigenvalue weighted by atomic mass is 9.85. The lowest BCUT2D eigenvalue weighted by Gasteiger charge is -2.24. The van der Waals surface area contributed by atoms with Crippen LogP contribution >= 0.6 is 0 Å². The Morgan fingerprint density at radius 1 is 1.27 bits per heavy atom. The summed E-state index contributed by atoms with van der Waals surface area (Å²) in [6.45, 7) is 1.74. The van der Waals surface area contributed by atoms with Gasteiger partial charge in [0.2, 0.25) is 11.7 Å². The van der Waals surface area contributed by atoms with Crippen LogP contribution in [0.2, 0.25) is 0 Å². The molecular formula is C17H20FN3O. The predicted molar refractivity (Wildman–Crippen MR) is 80.7 cm³/mol. The fourth-order valence-corrected chi connectivity index (χ4v) is 3.74. The fraction of sp³-hybridized carbons (Fsp3) is 0.529. The zero-order chi connectivity index (χ0) is 15.1. The van der Waals surface area contributed by atoms with Crippen LogP contribution in [0.15, 0.2) is 22.7 Å². The van der Waals surface area contributed by atoms with Crippen LogP contribution in [0.25, 0.3) is 11.4 Å². The molecule has 22 heavy (non-hydrogen) atoms. The van der Waals surface area contributed by atoms with E-state index >= 15 is 0 Å². The van der Waals surface area contributed by atoms with Crippen molar-refractivity contribution in [3.05, 3.63) is 35.5 Å². The van der Waals surface area contributed by atoms with Crippen LogP contribution in [0.1, 0.15) is 49.6 Å². The largest absolute Gasteiger partial charge is 0.337 e. The standard InChI is InChI=1S/C17H20FN3O/c1-10-6-7-12(8-13(10)18)16-20-17(22-21-16)15-9-11-4-2-3-5-14(11)19-15/h6-8,11,14-15,19H,2-5,9H2,1H3. The summed E-state index contributed by atoms with van der Waals surface area (Å²) >= 11 is 0. The molecule has 1 aliphatic carbocycles. The van der Waals surface area contributed by atoms with Gasteiger partial charge in [-0.15, -0.1) is 0 Å². The van der Waals surface area contributed by atoms with E-state index in [1.165, 1.54) is 31.7 Å². The van der Waals surface area contributed by atoms with Crippen LogP contribution in [0.4, 0.5) is 4.39 Å². The zero-order valence-electron chi connectivity index (χ0n) is 12.7. The predicted octanol–water partition coefficient (Wildman–Crippen LogP) is 3.78. The van der Waals surface area contributed by atoms with E-state index in [2.05, 4.69) is 15.5 Å². The van der Waals surface area contributed by atoms with Crippen LogP contribution in [-0.4, -0.2) is 16.2 Å². The molecule has 1 saturated carbocycles. The van der Waals surface area contributed by atoms with Crippen molar-refractivity contribution >= 4 is 0 Å². The van der Waals surface area contributed by atoms with E-state index in [0.717, 1.165) is 12.3 Å². The number of benzene rings is 1. The van der Waals surface area contributed by atoms with Crippen LogP contribution in [0.3, 0.4) is 0 Å². The molecule has 4 nitrogen and oxygen atoms in total. The molecule has 0 amide bonds. The van der Waals surface area contributed by atoms with E-state index in [1.807, 2.05) is 6.07 Å². The van der Waals surface area contributed by atoms with Crippen molar-refractivity contribution in [3.63, 3.8) is 0 Å². The quantitative estimate of drug-likeness (QED) is 0.917. The molecule has 2 heterocycles. The Hall–Kier alpha value is -1.75. The lowest BCUT2D eigenvalue weighted by molar-refractivity contribution is 0.324. The average molecular weight is 301 g/mol. The van der Waals surface area contributed by atoms with Gasteiger partial charge in [0.05, 0.1) is 6.04 Å². The fourth-order valence-electron chi connectivity index (χ4n) is 3.74. The highest BCUT2D eigenvalue weighted by molar-refractivity contribution is 5.55. The van der Waals surface area contributed by atoms with Gasteiger partial charge in [0.15, 0.2) is 0 Å². The number of nitrogens with one attached hydrogen (secondary N) is 1. The molecule has 2 aromatic rings. The summed E-state index contributed by atoms with van der Waals surface area (Å²) < 4.78 is 19.1. The Bertz CT molecular complexity index is 670. The minimum absolute atomic E-state index is 0.143. The maximum Gasteiger partial charge on any atom is 0.244 e. The molecule has 3 unspecified atom stereocenters. The molecule has 1 aromatic carbocycles. The van der Waals surface area contributed by atoms with E-state index in [-0.39, 0.29) is 11.9 Å². The molecule has 0 spiro atoms. The van der Waals surface area contributed by atoms with Crippen molar-refractivity contribution in [2.75, 3.05) is 0 Å². The molecule has 4 rings (SSSR count). The van der Waals surface area contributed by atoms with Gasteiger partial charge in [0, 0.05) is 11.6 Å². The van der Waals surface area contributed by atoms with Crippen LogP contribution in [0, 0.1) is 18.7 Å². The monoisotopic (exact) mass is 301 g/mol. The lowest BCUT2D eigenvalue weighted by Crippen LogP contribution is -2.30. The molecular weight excluding hydrogens is 281 g/mol. The van der Waals surface area contributed by atoms with Crippen molar-refractivity contribution in [1.82, 2.24) is 15.5 Å². The Morgan fingerprint density at radius 2 is 2.14 bits per heavy atom. The van der Waals surface area contributed by atoms with E-state index in [9.17, 15) is 4.39 Å². The Balaban J connectivity index is 1.55. The summed E-state index contributed by atoms with van der Waals surface area (Å²) in [7, 11) is 0. The highest BCUT2D eigenvalue weighted by Gasteiger charge is 2.38. The van der Waals surface area contributed by atoms with E-state index in [0.29, 0.717) is 28.9 Å². The molecule has 1 aromatic heterocycles. The number of nitrogens with zero attached hydrogens (tertiary/aromatic N) is 2. The highest BCUT2D eigenvalue weighted by atomic mass is 19.1. The first-order chi connectivity index (χ1) is 10.7. The number of aromatic nitrogens is 2. The van der Waals surface area contributed by atoms with Crippen molar-refractivity contribution in [1.29, 1.82) is 0 Å². The van der Waals surface area contributed by atoms with Crippen molar-refractivity contribution in [3.8, 4) is 11.4 Å². The third-order valence-corrected chi connectivity index (χ3v) is 5.03. The first-order valence-corrected chi connectivity index (χ1v) is 8.07. The van der Waals surface area contributed by atoms with Gasteiger partial charge >= 0.3 is 0 Å². The molecule has 1 aliphatic heterocycles. The molecule has 0 bridgehead atoms. The maximum absolute atomic E-state index is 13.7. The number of fused-ring (bicyclic) bond motifs is 1. The van der Waals surface area contributed by atoms with Gasteiger partial charge in [-0.05, 0) is 43.7 Å². The summed E-state index contributed by atoms with van der Waals surface area (Å²) in [5, 5.41) is 7.65. The van der Waals surface area contributed by atoms with E-state index < -0.39 is 0 Å². The normalized spacial score (nSPS) is 27.8. The first kappa shape index (κ1) is 13.9. The minimum atomic E-state index is -0.242. The molecule has 1 N–H and O–H groups in total. The Morgan fingerprint density at radius 3 is 2.95 bits per heavy atom. The van der Waals surface area contributed by atoms with Gasteiger partial charge in [-0.3, -0.25) is 0 Å². The van der Waals surface area contributed by atoms with Gasteiger partial charge in [-0.1, -0.05) is 30.1 Å². The van der Waals surface area contributed by atoms with E-state index in [4.69, 9.17) is 4.52 Å². The van der Waals surface area contributed by atoms with Crippen LogP contribution in [-0.2, 0) is 0 Å². The smallest absolute Gasteiger partial charge is 0.244 e. The molecule has 2 fully saturated rings. The summed E-state index contributed by atoms with van der Waals surface area (Å²) in [5.74, 6) is 1.58. The second kappa shape index (κ2) is 5.47. The van der Waals surface area contributed by atoms with Crippen LogP contribution < -0.4 is 5.32 Å². The highest BCUT2D eigenvalue weighted by Crippen LogP contribution is 2.38. The number of rotatable bonds is 2.